The second-order valence-corrected chi connectivity index (χ2v) is 7.53. The van der Waals surface area contributed by atoms with Crippen LogP contribution < -0.4 is 10.6 Å². The van der Waals surface area contributed by atoms with E-state index in [-0.39, 0.29) is 12.8 Å². The first-order valence-electron chi connectivity index (χ1n) is 6.93. The largest absolute Gasteiger partial charge is 0.445 e. The van der Waals surface area contributed by atoms with E-state index in [4.69, 9.17) is 39.5 Å². The molecule has 1 fully saturated rings. The molecule has 1 aliphatic heterocycles. The van der Waals surface area contributed by atoms with E-state index >= 15 is 0 Å². The first-order valence-corrected chi connectivity index (χ1v) is 8.06. The molecule has 0 aromatic heterocycles. The number of halogens is 3. The number of carbonyl (C=O) groups excluding carboxylic acids is 1. The van der Waals surface area contributed by atoms with E-state index in [0.29, 0.717) is 6.54 Å². The summed E-state index contributed by atoms with van der Waals surface area (Å²) in [6.45, 7) is 2.79. The average Bonchev–Trinajstić information content (AvgIpc) is 2.48. The number of alkyl halides is 3. The normalized spacial score (nSPS) is 19.7. The van der Waals surface area contributed by atoms with E-state index < -0.39 is 9.89 Å². The SMILES string of the molecule is O=C(NC1CNCCN1Cc1ccccc1)OCC(Cl)(Cl)Cl. The van der Waals surface area contributed by atoms with Crippen LogP contribution in [0.4, 0.5) is 4.79 Å². The van der Waals surface area contributed by atoms with Gasteiger partial charge in [-0.15, -0.1) is 0 Å². The molecule has 1 aromatic carbocycles. The number of hydrogen-bond donors (Lipinski definition) is 2. The molecule has 1 saturated heterocycles. The first-order chi connectivity index (χ1) is 10.4. The number of rotatable bonds is 4. The predicted molar refractivity (Wildman–Crippen MR) is 88.3 cm³/mol. The van der Waals surface area contributed by atoms with E-state index in [1.165, 1.54) is 5.56 Å². The fraction of sp³-hybridized carbons (Fsp3) is 0.500. The Kier molecular flexibility index (Phi) is 6.59. The van der Waals surface area contributed by atoms with Crippen molar-refractivity contribution >= 4 is 40.9 Å². The summed E-state index contributed by atoms with van der Waals surface area (Å²) in [4.78, 5) is 14.0. The first kappa shape index (κ1) is 17.6. The summed E-state index contributed by atoms with van der Waals surface area (Å²) in [6.07, 6.45) is -0.769. The molecule has 0 spiro atoms. The molecule has 0 aliphatic carbocycles. The second-order valence-electron chi connectivity index (χ2n) is 5.01. The van der Waals surface area contributed by atoms with Gasteiger partial charge in [0, 0.05) is 26.2 Å². The lowest BCUT2D eigenvalue weighted by Gasteiger charge is -2.36. The molecule has 0 saturated carbocycles. The molecule has 1 aromatic rings. The highest BCUT2D eigenvalue weighted by molar-refractivity contribution is 6.67. The third-order valence-corrected chi connectivity index (χ3v) is 3.56. The number of ether oxygens (including phenoxy) is 1. The van der Waals surface area contributed by atoms with Crippen molar-refractivity contribution in [3.63, 3.8) is 0 Å². The van der Waals surface area contributed by atoms with Gasteiger partial charge in [0.2, 0.25) is 3.79 Å². The summed E-state index contributed by atoms with van der Waals surface area (Å²) in [5, 5.41) is 6.03. The number of nitrogens with zero attached hydrogens (tertiary/aromatic N) is 1. The van der Waals surface area contributed by atoms with Crippen LogP contribution in [-0.4, -0.2) is 47.2 Å². The van der Waals surface area contributed by atoms with Gasteiger partial charge in [0.05, 0.1) is 6.17 Å². The van der Waals surface area contributed by atoms with Crippen LogP contribution in [0.2, 0.25) is 0 Å². The van der Waals surface area contributed by atoms with Crippen LogP contribution in [0.25, 0.3) is 0 Å². The number of amides is 1. The summed E-state index contributed by atoms with van der Waals surface area (Å²) < 4.78 is 3.30. The van der Waals surface area contributed by atoms with Gasteiger partial charge in [0.25, 0.3) is 0 Å². The number of hydrogen-bond acceptors (Lipinski definition) is 4. The molecule has 122 valence electrons. The van der Waals surface area contributed by atoms with Gasteiger partial charge >= 0.3 is 6.09 Å². The van der Waals surface area contributed by atoms with Crippen molar-refractivity contribution in [3.05, 3.63) is 35.9 Å². The van der Waals surface area contributed by atoms with Gasteiger partial charge < -0.3 is 15.4 Å². The van der Waals surface area contributed by atoms with Crippen molar-refractivity contribution in [3.8, 4) is 0 Å². The standard InChI is InChI=1S/C14H18Cl3N3O2/c15-14(16,17)10-22-13(21)19-12-8-18-6-7-20(12)9-11-4-2-1-3-5-11/h1-5,12,18H,6-10H2,(H,19,21). The topological polar surface area (TPSA) is 53.6 Å². The molecular weight excluding hydrogens is 349 g/mol. The highest BCUT2D eigenvalue weighted by Crippen LogP contribution is 2.25. The van der Waals surface area contributed by atoms with E-state index in [9.17, 15) is 4.79 Å². The van der Waals surface area contributed by atoms with Crippen molar-refractivity contribution in [2.24, 2.45) is 0 Å². The number of benzene rings is 1. The summed E-state index contributed by atoms with van der Waals surface area (Å²) >= 11 is 16.7. The van der Waals surface area contributed by atoms with Crippen LogP contribution in [-0.2, 0) is 11.3 Å². The Labute approximate surface area is 144 Å². The van der Waals surface area contributed by atoms with Gasteiger partial charge in [0.15, 0.2) is 0 Å². The van der Waals surface area contributed by atoms with Crippen LogP contribution >= 0.6 is 34.8 Å². The Morgan fingerprint density at radius 3 is 2.77 bits per heavy atom. The van der Waals surface area contributed by atoms with Gasteiger partial charge in [-0.1, -0.05) is 65.1 Å². The number of carbonyl (C=O) groups is 1. The molecule has 1 atom stereocenters. The molecular formula is C14H18Cl3N3O2. The van der Waals surface area contributed by atoms with Crippen LogP contribution in [0.3, 0.4) is 0 Å². The smallest absolute Gasteiger partial charge is 0.408 e. The molecule has 2 rings (SSSR count). The molecule has 22 heavy (non-hydrogen) atoms. The van der Waals surface area contributed by atoms with Gasteiger partial charge in [-0.25, -0.2) is 4.79 Å². The summed E-state index contributed by atoms with van der Waals surface area (Å²) in [5.41, 5.74) is 1.19. The molecule has 1 amide bonds. The van der Waals surface area contributed by atoms with Crippen molar-refractivity contribution in [1.29, 1.82) is 0 Å². The highest BCUT2D eigenvalue weighted by Gasteiger charge is 2.26. The van der Waals surface area contributed by atoms with Crippen molar-refractivity contribution in [2.45, 2.75) is 16.5 Å². The molecule has 1 heterocycles. The van der Waals surface area contributed by atoms with E-state index in [2.05, 4.69) is 27.7 Å². The summed E-state index contributed by atoms with van der Waals surface area (Å²) in [5.74, 6) is 0. The molecule has 2 N–H and O–H groups in total. The van der Waals surface area contributed by atoms with Crippen LogP contribution in [0.5, 0.6) is 0 Å². The third kappa shape index (κ3) is 6.18. The minimum absolute atomic E-state index is 0.170. The quantitative estimate of drug-likeness (QED) is 0.804. The maximum atomic E-state index is 11.8. The lowest BCUT2D eigenvalue weighted by atomic mass is 10.2. The van der Waals surface area contributed by atoms with Gasteiger partial charge in [-0.3, -0.25) is 4.90 Å². The summed E-state index contributed by atoms with van der Waals surface area (Å²) in [7, 11) is 0. The van der Waals surface area contributed by atoms with E-state index in [0.717, 1.165) is 19.6 Å². The Balaban J connectivity index is 1.88. The van der Waals surface area contributed by atoms with Gasteiger partial charge in [0.1, 0.15) is 6.61 Å². The molecule has 0 bridgehead atoms. The zero-order chi connectivity index (χ0) is 16.0. The molecule has 1 aliphatic rings. The molecule has 0 radical (unpaired) electrons. The lowest BCUT2D eigenvalue weighted by Crippen LogP contribution is -2.58. The zero-order valence-corrected chi connectivity index (χ0v) is 14.2. The Bertz CT molecular complexity index is 482. The Morgan fingerprint density at radius 2 is 2.09 bits per heavy atom. The second kappa shape index (κ2) is 8.22. The van der Waals surface area contributed by atoms with Gasteiger partial charge in [-0.2, -0.15) is 0 Å². The average molecular weight is 367 g/mol. The number of alkyl carbamates (subject to hydrolysis) is 1. The Hall–Kier alpha value is -0.720. The van der Waals surface area contributed by atoms with Crippen LogP contribution in [0.1, 0.15) is 5.56 Å². The van der Waals surface area contributed by atoms with Crippen LogP contribution in [0.15, 0.2) is 30.3 Å². The van der Waals surface area contributed by atoms with Crippen LogP contribution in [0, 0.1) is 0 Å². The molecule has 5 nitrogen and oxygen atoms in total. The Morgan fingerprint density at radius 1 is 1.36 bits per heavy atom. The fourth-order valence-corrected chi connectivity index (χ4v) is 2.38. The number of piperazine rings is 1. The lowest BCUT2D eigenvalue weighted by molar-refractivity contribution is 0.0980. The van der Waals surface area contributed by atoms with Crippen molar-refractivity contribution in [1.82, 2.24) is 15.5 Å². The van der Waals surface area contributed by atoms with Crippen molar-refractivity contribution in [2.75, 3.05) is 26.2 Å². The third-order valence-electron chi connectivity index (χ3n) is 3.23. The van der Waals surface area contributed by atoms with E-state index in [1.54, 1.807) is 0 Å². The number of nitrogens with one attached hydrogen (secondary N) is 2. The van der Waals surface area contributed by atoms with E-state index in [1.807, 2.05) is 18.2 Å². The highest BCUT2D eigenvalue weighted by atomic mass is 35.6. The zero-order valence-electron chi connectivity index (χ0n) is 11.9. The summed E-state index contributed by atoms with van der Waals surface area (Å²) in [6, 6.07) is 10.1. The predicted octanol–water partition coefficient (Wildman–Crippen LogP) is 2.51. The minimum Gasteiger partial charge on any atom is -0.445 e. The fourth-order valence-electron chi connectivity index (χ4n) is 2.22. The van der Waals surface area contributed by atoms with Crippen molar-refractivity contribution < 1.29 is 9.53 Å². The maximum absolute atomic E-state index is 11.8. The van der Waals surface area contributed by atoms with Gasteiger partial charge in [-0.05, 0) is 5.56 Å². The molecule has 1 unspecified atom stereocenters. The maximum Gasteiger partial charge on any atom is 0.408 e. The minimum atomic E-state index is -1.61. The molecule has 8 heteroatoms. The monoisotopic (exact) mass is 365 g/mol.